The molecule has 0 atom stereocenters. The molecule has 0 radical (unpaired) electrons. The van der Waals surface area contributed by atoms with E-state index in [1.54, 1.807) is 0 Å². The van der Waals surface area contributed by atoms with Gasteiger partial charge < -0.3 is 10.1 Å². The lowest BCUT2D eigenvalue weighted by Crippen LogP contribution is -2.01. The van der Waals surface area contributed by atoms with E-state index < -0.39 is 11.3 Å². The van der Waals surface area contributed by atoms with E-state index in [-0.39, 0.29) is 5.69 Å². The zero-order valence-electron chi connectivity index (χ0n) is 4.96. The van der Waals surface area contributed by atoms with Crippen molar-refractivity contribution in [3.05, 3.63) is 22.6 Å². The maximum absolute atomic E-state index is 10.5. The molecule has 0 aliphatic rings. The van der Waals surface area contributed by atoms with Crippen molar-refractivity contribution in [2.75, 3.05) is 0 Å². The molecular weight excluding hydrogens is 134 g/mol. The summed E-state index contributed by atoms with van der Waals surface area (Å²) in [6.45, 7) is 0. The average molecular weight is 139 g/mol. The number of nitrogens with one attached hydrogen (secondary N) is 2. The summed E-state index contributed by atoms with van der Waals surface area (Å²) in [7, 11) is 0. The SMILES string of the molecule is N=Nc1c[nH]c(=O)c(O)c1. The van der Waals surface area contributed by atoms with Gasteiger partial charge in [-0.2, -0.15) is 5.11 Å². The van der Waals surface area contributed by atoms with Crippen LogP contribution in [0.25, 0.3) is 0 Å². The number of nitrogens with zero attached hydrogens (tertiary/aromatic N) is 1. The fourth-order valence-electron chi connectivity index (χ4n) is 0.525. The Labute approximate surface area is 55.8 Å². The number of hydrogen-bond acceptors (Lipinski definition) is 4. The number of pyridine rings is 1. The largest absolute Gasteiger partial charge is 0.503 e. The third kappa shape index (κ3) is 1.02. The molecule has 0 aromatic carbocycles. The van der Waals surface area contributed by atoms with E-state index in [2.05, 4.69) is 10.1 Å². The van der Waals surface area contributed by atoms with Crippen LogP contribution in [0.5, 0.6) is 5.75 Å². The van der Waals surface area contributed by atoms with Gasteiger partial charge in [-0.3, -0.25) is 4.79 Å². The molecule has 0 aliphatic carbocycles. The molecule has 5 nitrogen and oxygen atoms in total. The van der Waals surface area contributed by atoms with Crippen LogP contribution in [0, 0.1) is 5.53 Å². The monoisotopic (exact) mass is 139 g/mol. The molecule has 1 aromatic rings. The molecule has 0 saturated carbocycles. The summed E-state index contributed by atoms with van der Waals surface area (Å²) in [5, 5.41) is 11.7. The van der Waals surface area contributed by atoms with Crippen molar-refractivity contribution < 1.29 is 5.11 Å². The average Bonchev–Trinajstić information content (AvgIpc) is 1.95. The summed E-state index contributed by atoms with van der Waals surface area (Å²) in [4.78, 5) is 12.7. The minimum absolute atomic E-state index is 0.220. The molecule has 52 valence electrons. The first kappa shape index (κ1) is 6.47. The summed E-state index contributed by atoms with van der Waals surface area (Å²) < 4.78 is 0. The van der Waals surface area contributed by atoms with Gasteiger partial charge in [0, 0.05) is 12.3 Å². The fourth-order valence-corrected chi connectivity index (χ4v) is 0.525. The second kappa shape index (κ2) is 2.30. The third-order valence-corrected chi connectivity index (χ3v) is 0.997. The van der Waals surface area contributed by atoms with Crippen molar-refractivity contribution in [1.82, 2.24) is 4.98 Å². The Kier molecular flexibility index (Phi) is 1.49. The van der Waals surface area contributed by atoms with Gasteiger partial charge in [-0.1, -0.05) is 0 Å². The highest BCUT2D eigenvalue weighted by molar-refractivity contribution is 5.37. The van der Waals surface area contributed by atoms with Gasteiger partial charge in [0.15, 0.2) is 5.75 Å². The first-order valence-corrected chi connectivity index (χ1v) is 2.53. The van der Waals surface area contributed by atoms with E-state index in [0.717, 1.165) is 6.07 Å². The van der Waals surface area contributed by atoms with Crippen LogP contribution in [0.2, 0.25) is 0 Å². The smallest absolute Gasteiger partial charge is 0.290 e. The number of aromatic hydroxyl groups is 1. The zero-order chi connectivity index (χ0) is 7.56. The fraction of sp³-hybridized carbons (Fsp3) is 0. The number of rotatable bonds is 1. The van der Waals surface area contributed by atoms with E-state index in [0.29, 0.717) is 0 Å². The number of H-pyrrole nitrogens is 1. The van der Waals surface area contributed by atoms with Crippen molar-refractivity contribution >= 4 is 5.69 Å². The standard InChI is InChI=1S/C5H5N3O2/c6-8-3-1-4(9)5(10)7-2-3/h1-2,6,9H,(H,7,10). The van der Waals surface area contributed by atoms with Crippen molar-refractivity contribution in [2.45, 2.75) is 0 Å². The summed E-state index contributed by atoms with van der Waals surface area (Å²) in [6, 6.07) is 1.12. The molecule has 0 saturated heterocycles. The number of aromatic nitrogens is 1. The van der Waals surface area contributed by atoms with E-state index >= 15 is 0 Å². The molecule has 0 aliphatic heterocycles. The van der Waals surface area contributed by atoms with E-state index in [9.17, 15) is 4.79 Å². The summed E-state index contributed by atoms with van der Waals surface area (Å²) in [5.41, 5.74) is 6.15. The normalized spacial score (nSPS) is 9.20. The number of aromatic amines is 1. The molecule has 0 spiro atoms. The highest BCUT2D eigenvalue weighted by Gasteiger charge is 1.95. The quantitative estimate of drug-likeness (QED) is 0.501. The molecule has 1 rings (SSSR count). The molecule has 1 heterocycles. The Bertz CT molecular complexity index is 304. The number of hydrogen-bond donors (Lipinski definition) is 3. The van der Waals surface area contributed by atoms with Gasteiger partial charge in [-0.25, -0.2) is 5.53 Å². The van der Waals surface area contributed by atoms with Crippen LogP contribution in [-0.2, 0) is 0 Å². The van der Waals surface area contributed by atoms with Gasteiger partial charge in [0.2, 0.25) is 0 Å². The highest BCUT2D eigenvalue weighted by Crippen LogP contribution is 2.11. The summed E-state index contributed by atoms with van der Waals surface area (Å²) >= 11 is 0. The van der Waals surface area contributed by atoms with Crippen LogP contribution in [0.3, 0.4) is 0 Å². The minimum Gasteiger partial charge on any atom is -0.503 e. The zero-order valence-corrected chi connectivity index (χ0v) is 4.96. The lowest BCUT2D eigenvalue weighted by molar-refractivity contribution is 0.467. The van der Waals surface area contributed by atoms with Crippen molar-refractivity contribution in [2.24, 2.45) is 5.11 Å². The molecule has 5 heteroatoms. The molecule has 0 bridgehead atoms. The van der Waals surface area contributed by atoms with Crippen LogP contribution in [-0.4, -0.2) is 10.1 Å². The second-order valence-electron chi connectivity index (χ2n) is 1.68. The van der Waals surface area contributed by atoms with Crippen LogP contribution in [0.1, 0.15) is 0 Å². The molecular formula is C5H5N3O2. The minimum atomic E-state index is -0.576. The van der Waals surface area contributed by atoms with Gasteiger partial charge in [0.1, 0.15) is 5.69 Å². The lowest BCUT2D eigenvalue weighted by Gasteiger charge is -1.89. The maximum Gasteiger partial charge on any atom is 0.290 e. The molecule has 0 unspecified atom stereocenters. The van der Waals surface area contributed by atoms with Crippen LogP contribution < -0.4 is 5.56 Å². The second-order valence-corrected chi connectivity index (χ2v) is 1.68. The van der Waals surface area contributed by atoms with Gasteiger partial charge in [-0.05, 0) is 0 Å². The van der Waals surface area contributed by atoms with Gasteiger partial charge >= 0.3 is 0 Å². The van der Waals surface area contributed by atoms with E-state index in [4.69, 9.17) is 10.6 Å². The summed E-state index contributed by atoms with van der Waals surface area (Å²) in [6.07, 6.45) is 1.25. The van der Waals surface area contributed by atoms with Crippen LogP contribution in [0.15, 0.2) is 22.2 Å². The Morgan fingerprint density at radius 1 is 1.70 bits per heavy atom. The van der Waals surface area contributed by atoms with Crippen LogP contribution >= 0.6 is 0 Å². The van der Waals surface area contributed by atoms with Crippen molar-refractivity contribution in [3.8, 4) is 5.75 Å². The molecule has 10 heavy (non-hydrogen) atoms. The lowest BCUT2D eigenvalue weighted by atomic mass is 10.4. The topological polar surface area (TPSA) is 89.3 Å². The molecule has 1 aromatic heterocycles. The predicted molar refractivity (Wildman–Crippen MR) is 33.5 cm³/mol. The van der Waals surface area contributed by atoms with Crippen LogP contribution in [0.4, 0.5) is 5.69 Å². The summed E-state index contributed by atoms with van der Waals surface area (Å²) in [5.74, 6) is -0.423. The van der Waals surface area contributed by atoms with Gasteiger partial charge in [0.25, 0.3) is 5.56 Å². The van der Waals surface area contributed by atoms with E-state index in [1.165, 1.54) is 6.20 Å². The Morgan fingerprint density at radius 2 is 2.40 bits per heavy atom. The predicted octanol–water partition coefficient (Wildman–Crippen LogP) is 0.743. The Balaban J connectivity index is 3.29. The van der Waals surface area contributed by atoms with E-state index in [1.807, 2.05) is 0 Å². The molecule has 0 amide bonds. The maximum atomic E-state index is 10.5. The first-order chi connectivity index (χ1) is 4.74. The Hall–Kier alpha value is -1.65. The molecule has 3 N–H and O–H groups in total. The van der Waals surface area contributed by atoms with Gasteiger partial charge in [-0.15, -0.1) is 0 Å². The third-order valence-electron chi connectivity index (χ3n) is 0.997. The Morgan fingerprint density at radius 3 is 2.90 bits per heavy atom. The van der Waals surface area contributed by atoms with Crippen molar-refractivity contribution in [3.63, 3.8) is 0 Å². The molecule has 0 fully saturated rings. The van der Waals surface area contributed by atoms with Crippen molar-refractivity contribution in [1.29, 1.82) is 5.53 Å². The highest BCUT2D eigenvalue weighted by atomic mass is 16.3. The first-order valence-electron chi connectivity index (χ1n) is 2.53. The van der Waals surface area contributed by atoms with Gasteiger partial charge in [0.05, 0.1) is 0 Å².